The van der Waals surface area contributed by atoms with E-state index in [1.165, 1.54) is 7.11 Å². The Morgan fingerprint density at radius 3 is 2.44 bits per heavy atom. The molecule has 0 atom stereocenters. The van der Waals surface area contributed by atoms with Crippen LogP contribution in [-0.4, -0.2) is 18.9 Å². The molecule has 3 heteroatoms. The lowest BCUT2D eigenvalue weighted by Gasteiger charge is -2.11. The lowest BCUT2D eigenvalue weighted by molar-refractivity contribution is -0.151. The van der Waals surface area contributed by atoms with Crippen LogP contribution in [0, 0.1) is 0 Å². The van der Waals surface area contributed by atoms with Gasteiger partial charge in [-0.15, -0.1) is 0 Å². The standard InChI is InChI=1S/C13H16O3/c1-9(2)11-7-5-4-6-10(11)8-12(14)13(15)16-3/h4-7,9H,8H2,1-3H3. The third-order valence-corrected chi connectivity index (χ3v) is 2.44. The summed E-state index contributed by atoms with van der Waals surface area (Å²) < 4.78 is 4.40. The van der Waals surface area contributed by atoms with E-state index in [0.29, 0.717) is 5.92 Å². The van der Waals surface area contributed by atoms with Crippen molar-refractivity contribution in [2.45, 2.75) is 26.2 Å². The minimum atomic E-state index is -0.779. The maximum absolute atomic E-state index is 11.4. The van der Waals surface area contributed by atoms with Gasteiger partial charge in [0.25, 0.3) is 0 Å². The van der Waals surface area contributed by atoms with E-state index in [2.05, 4.69) is 18.6 Å². The van der Waals surface area contributed by atoms with Crippen LogP contribution in [0.5, 0.6) is 0 Å². The number of Topliss-reactive ketones (excluding diaryl/α,β-unsaturated/α-hetero) is 1. The number of carbonyl (C=O) groups excluding carboxylic acids is 2. The molecule has 0 aliphatic heterocycles. The third-order valence-electron chi connectivity index (χ3n) is 2.44. The predicted octanol–water partition coefficient (Wildman–Crippen LogP) is 2.09. The van der Waals surface area contributed by atoms with Gasteiger partial charge in [0.05, 0.1) is 7.11 Å². The van der Waals surface area contributed by atoms with Crippen molar-refractivity contribution in [1.29, 1.82) is 0 Å². The molecule has 0 saturated carbocycles. The molecular formula is C13H16O3. The van der Waals surface area contributed by atoms with Crippen LogP contribution in [0.25, 0.3) is 0 Å². The van der Waals surface area contributed by atoms with Crippen molar-refractivity contribution >= 4 is 11.8 Å². The van der Waals surface area contributed by atoms with Crippen LogP contribution >= 0.6 is 0 Å². The van der Waals surface area contributed by atoms with Gasteiger partial charge in [-0.25, -0.2) is 4.79 Å². The molecule has 1 rings (SSSR count). The van der Waals surface area contributed by atoms with Crippen molar-refractivity contribution in [3.63, 3.8) is 0 Å². The van der Waals surface area contributed by atoms with Gasteiger partial charge in [0.2, 0.25) is 5.78 Å². The Morgan fingerprint density at radius 2 is 1.88 bits per heavy atom. The molecular weight excluding hydrogens is 204 g/mol. The van der Waals surface area contributed by atoms with Gasteiger partial charge in [-0.05, 0) is 17.0 Å². The molecule has 0 aliphatic carbocycles. The molecule has 0 radical (unpaired) electrons. The van der Waals surface area contributed by atoms with Crippen LogP contribution < -0.4 is 0 Å². The zero-order chi connectivity index (χ0) is 12.1. The Labute approximate surface area is 95.4 Å². The first-order valence-electron chi connectivity index (χ1n) is 5.25. The van der Waals surface area contributed by atoms with Crippen molar-refractivity contribution in [3.8, 4) is 0 Å². The van der Waals surface area contributed by atoms with Gasteiger partial charge < -0.3 is 4.74 Å². The van der Waals surface area contributed by atoms with Gasteiger partial charge in [0, 0.05) is 6.42 Å². The van der Waals surface area contributed by atoms with Gasteiger partial charge in [-0.1, -0.05) is 38.1 Å². The van der Waals surface area contributed by atoms with Crippen LogP contribution in [-0.2, 0) is 20.7 Å². The zero-order valence-corrected chi connectivity index (χ0v) is 9.82. The third kappa shape index (κ3) is 2.92. The molecule has 0 heterocycles. The molecule has 1 aromatic rings. The molecule has 0 N–H and O–H groups in total. The van der Waals surface area contributed by atoms with Crippen LogP contribution in [0.2, 0.25) is 0 Å². The van der Waals surface area contributed by atoms with E-state index in [-0.39, 0.29) is 6.42 Å². The van der Waals surface area contributed by atoms with E-state index in [1.54, 1.807) is 0 Å². The lowest BCUT2D eigenvalue weighted by atomic mass is 9.94. The lowest BCUT2D eigenvalue weighted by Crippen LogP contribution is -2.18. The predicted molar refractivity (Wildman–Crippen MR) is 61.3 cm³/mol. The average Bonchev–Trinajstić information content (AvgIpc) is 2.28. The molecule has 0 spiro atoms. The zero-order valence-electron chi connectivity index (χ0n) is 9.82. The average molecular weight is 220 g/mol. The molecule has 0 aromatic heterocycles. The molecule has 0 bridgehead atoms. The Bertz CT molecular complexity index is 394. The highest BCUT2D eigenvalue weighted by atomic mass is 16.5. The molecule has 0 fully saturated rings. The molecule has 16 heavy (non-hydrogen) atoms. The maximum atomic E-state index is 11.4. The number of carbonyl (C=O) groups is 2. The molecule has 0 amide bonds. The minimum absolute atomic E-state index is 0.112. The summed E-state index contributed by atoms with van der Waals surface area (Å²) >= 11 is 0. The van der Waals surface area contributed by atoms with Gasteiger partial charge in [-0.3, -0.25) is 4.79 Å². The molecule has 0 aliphatic rings. The number of ether oxygens (including phenoxy) is 1. The van der Waals surface area contributed by atoms with Crippen LogP contribution in [0.1, 0.15) is 30.9 Å². The summed E-state index contributed by atoms with van der Waals surface area (Å²) in [5, 5.41) is 0. The summed E-state index contributed by atoms with van der Waals surface area (Å²) in [6, 6.07) is 7.65. The summed E-state index contributed by atoms with van der Waals surface area (Å²) in [4.78, 5) is 22.5. The summed E-state index contributed by atoms with van der Waals surface area (Å²) in [7, 11) is 1.22. The van der Waals surface area contributed by atoms with Crippen LogP contribution in [0.15, 0.2) is 24.3 Å². The quantitative estimate of drug-likeness (QED) is 0.576. The van der Waals surface area contributed by atoms with E-state index in [4.69, 9.17) is 0 Å². The second kappa shape index (κ2) is 5.45. The number of hydrogen-bond donors (Lipinski definition) is 0. The van der Waals surface area contributed by atoms with Crippen molar-refractivity contribution < 1.29 is 14.3 Å². The highest BCUT2D eigenvalue weighted by Gasteiger charge is 2.16. The maximum Gasteiger partial charge on any atom is 0.374 e. The molecule has 1 aromatic carbocycles. The van der Waals surface area contributed by atoms with Gasteiger partial charge in [0.1, 0.15) is 0 Å². The van der Waals surface area contributed by atoms with E-state index < -0.39 is 11.8 Å². The van der Waals surface area contributed by atoms with Crippen LogP contribution in [0.3, 0.4) is 0 Å². The van der Waals surface area contributed by atoms with E-state index in [0.717, 1.165) is 11.1 Å². The molecule has 0 saturated heterocycles. The fraction of sp³-hybridized carbons (Fsp3) is 0.385. The number of ketones is 1. The second-order valence-electron chi connectivity index (χ2n) is 3.95. The fourth-order valence-corrected chi connectivity index (χ4v) is 1.62. The van der Waals surface area contributed by atoms with Gasteiger partial charge in [-0.2, -0.15) is 0 Å². The first-order chi connectivity index (χ1) is 7.56. The summed E-state index contributed by atoms with van der Waals surface area (Å²) in [6.07, 6.45) is 0.112. The Kier molecular flexibility index (Phi) is 4.23. The highest BCUT2D eigenvalue weighted by molar-refractivity contribution is 6.34. The Morgan fingerprint density at radius 1 is 1.25 bits per heavy atom. The van der Waals surface area contributed by atoms with Crippen molar-refractivity contribution in [1.82, 2.24) is 0 Å². The Hall–Kier alpha value is -1.64. The normalized spacial score (nSPS) is 10.2. The molecule has 86 valence electrons. The number of rotatable bonds is 4. The van der Waals surface area contributed by atoms with Crippen LogP contribution in [0.4, 0.5) is 0 Å². The topological polar surface area (TPSA) is 43.4 Å². The fourth-order valence-electron chi connectivity index (χ4n) is 1.62. The first kappa shape index (κ1) is 12.4. The Balaban J connectivity index is 2.89. The smallest absolute Gasteiger partial charge is 0.374 e. The summed E-state index contributed by atoms with van der Waals surface area (Å²) in [5.74, 6) is -0.948. The number of benzene rings is 1. The van der Waals surface area contributed by atoms with E-state index >= 15 is 0 Å². The van der Waals surface area contributed by atoms with Gasteiger partial charge >= 0.3 is 5.97 Å². The number of hydrogen-bond acceptors (Lipinski definition) is 3. The molecule has 3 nitrogen and oxygen atoms in total. The van der Waals surface area contributed by atoms with Crippen molar-refractivity contribution in [2.75, 3.05) is 7.11 Å². The van der Waals surface area contributed by atoms with Crippen molar-refractivity contribution in [2.24, 2.45) is 0 Å². The van der Waals surface area contributed by atoms with E-state index in [9.17, 15) is 9.59 Å². The monoisotopic (exact) mass is 220 g/mol. The second-order valence-corrected chi connectivity index (χ2v) is 3.95. The summed E-state index contributed by atoms with van der Waals surface area (Å²) in [5.41, 5.74) is 1.99. The SMILES string of the molecule is COC(=O)C(=O)Cc1ccccc1C(C)C. The largest absolute Gasteiger partial charge is 0.463 e. The minimum Gasteiger partial charge on any atom is -0.463 e. The number of esters is 1. The summed E-state index contributed by atoms with van der Waals surface area (Å²) in [6.45, 7) is 4.11. The first-order valence-corrected chi connectivity index (χ1v) is 5.25. The highest BCUT2D eigenvalue weighted by Crippen LogP contribution is 2.19. The van der Waals surface area contributed by atoms with Gasteiger partial charge in [0.15, 0.2) is 0 Å². The number of methoxy groups -OCH3 is 1. The molecule has 0 unspecified atom stereocenters. The van der Waals surface area contributed by atoms with Crippen molar-refractivity contribution in [3.05, 3.63) is 35.4 Å². The van der Waals surface area contributed by atoms with E-state index in [1.807, 2.05) is 24.3 Å².